The van der Waals surface area contributed by atoms with E-state index in [1.165, 1.54) is 0 Å². The fourth-order valence-corrected chi connectivity index (χ4v) is 2.22. The smallest absolute Gasteiger partial charge is 0.704 e. The summed E-state index contributed by atoms with van der Waals surface area (Å²) in [7, 11) is 1.65. The van der Waals surface area contributed by atoms with Gasteiger partial charge in [-0.3, -0.25) is 6.20 Å². The number of nitrogens with zero attached hydrogens (tertiary/aromatic N) is 1. The Morgan fingerprint density at radius 1 is 0.690 bits per heavy atom. The van der Waals surface area contributed by atoms with Gasteiger partial charge in [-0.05, 0) is 70.3 Å². The molecule has 2 nitrogen and oxygen atoms in total. The van der Waals surface area contributed by atoms with Gasteiger partial charge in [-0.2, -0.15) is 6.08 Å². The number of methoxy groups -OCH3 is 1. The maximum absolute atomic E-state index is 5.22. The zero-order valence-corrected chi connectivity index (χ0v) is 19.0. The van der Waals surface area contributed by atoms with Crippen molar-refractivity contribution in [3.8, 4) is 5.75 Å². The van der Waals surface area contributed by atoms with Crippen LogP contribution in [0.1, 0.15) is 5.56 Å². The van der Waals surface area contributed by atoms with Crippen LogP contribution in [-0.4, -0.2) is 7.11 Å². The zero-order valence-electron chi connectivity index (χ0n) is 16.6. The van der Waals surface area contributed by atoms with Gasteiger partial charge in [-0.25, -0.2) is 0 Å². The minimum atomic E-state index is 0. The number of hydrogen-bond acceptors (Lipinski definition) is 1. The molecule has 0 amide bonds. The summed E-state index contributed by atoms with van der Waals surface area (Å²) in [5.74, 6) is 0.780. The van der Waals surface area contributed by atoms with Crippen molar-refractivity contribution in [1.29, 1.82) is 0 Å². The molecule has 2 fully saturated rings. The van der Waals surface area contributed by atoms with Crippen molar-refractivity contribution in [2.45, 2.75) is 0 Å². The second-order valence-corrected chi connectivity index (χ2v) is 5.64. The summed E-state index contributed by atoms with van der Waals surface area (Å²) in [5, 5.41) is 4.36. The van der Waals surface area contributed by atoms with E-state index in [9.17, 15) is 0 Å². The summed E-state index contributed by atoms with van der Waals surface area (Å²) in [5.41, 5.74) is 1.99. The molecule has 2 aliphatic rings. The molecule has 142 valence electrons. The molecule has 4 rings (SSSR count). The van der Waals surface area contributed by atoms with Gasteiger partial charge < -0.3 is 10.1 Å². The largest absolute Gasteiger partial charge is 4.00 e. The molecule has 0 bridgehead atoms. The molecule has 2 aromatic rings. The van der Waals surface area contributed by atoms with Crippen molar-refractivity contribution < 1.29 is 30.9 Å². The second-order valence-electron chi connectivity index (χ2n) is 5.64. The summed E-state index contributed by atoms with van der Waals surface area (Å²) < 4.78 is 5.22. The molecular weight excluding hydrogens is 434 g/mol. The molecule has 2 aliphatic carbocycles. The van der Waals surface area contributed by atoms with Crippen LogP contribution in [0.3, 0.4) is 0 Å². The first-order chi connectivity index (χ1) is 13.9. The third-order valence-corrected chi connectivity index (χ3v) is 3.58. The Bertz CT molecular complexity index is 624. The Kier molecular flexibility index (Phi) is 15.3. The fourth-order valence-electron chi connectivity index (χ4n) is 2.22. The minimum Gasteiger partial charge on any atom is -0.704 e. The number of rotatable bonds is 5. The van der Waals surface area contributed by atoms with Gasteiger partial charge in [0, 0.05) is 0 Å². The Labute approximate surface area is 197 Å². The topological polar surface area (TPSA) is 23.3 Å². The van der Waals surface area contributed by atoms with Crippen LogP contribution in [0, 0.1) is 70.6 Å². The fraction of sp³-hybridized carbons (Fsp3) is 0.0385. The van der Waals surface area contributed by atoms with E-state index in [0.717, 1.165) is 17.0 Å². The van der Waals surface area contributed by atoms with E-state index in [0.29, 0.717) is 0 Å². The van der Waals surface area contributed by atoms with Crippen molar-refractivity contribution in [3.63, 3.8) is 0 Å². The van der Waals surface area contributed by atoms with Crippen molar-refractivity contribution in [1.82, 2.24) is 0 Å². The van der Waals surface area contributed by atoms with E-state index in [2.05, 4.69) is 5.32 Å². The van der Waals surface area contributed by atoms with Crippen LogP contribution in [0.25, 0.3) is 5.32 Å². The van der Waals surface area contributed by atoms with Gasteiger partial charge in [-0.15, -0.1) is 41.9 Å². The first kappa shape index (κ1) is 25.6. The first-order valence-corrected chi connectivity index (χ1v) is 9.12. The predicted molar refractivity (Wildman–Crippen MR) is 118 cm³/mol. The monoisotopic (exact) mass is 457 g/mol. The van der Waals surface area contributed by atoms with E-state index in [4.69, 9.17) is 4.74 Å². The van der Waals surface area contributed by atoms with Crippen molar-refractivity contribution in [2.75, 3.05) is 7.11 Å². The average molecular weight is 459 g/mol. The van der Waals surface area contributed by atoms with Crippen LogP contribution in [0.2, 0.25) is 0 Å². The van der Waals surface area contributed by atoms with E-state index >= 15 is 0 Å². The average Bonchev–Trinajstić information content (AvgIpc) is 3.51. The van der Waals surface area contributed by atoms with Gasteiger partial charge in [0.25, 0.3) is 0 Å². The number of benzene rings is 2. The molecule has 0 unspecified atom stereocenters. The molecule has 0 atom stereocenters. The molecule has 0 saturated heterocycles. The third kappa shape index (κ3) is 12.0. The summed E-state index contributed by atoms with van der Waals surface area (Å²) in [6, 6.07) is 17.8. The number of ether oxygens (including phenoxy) is 1. The van der Waals surface area contributed by atoms with E-state index in [1.807, 2.05) is 131 Å². The van der Waals surface area contributed by atoms with Crippen molar-refractivity contribution >= 4 is 5.69 Å². The second kappa shape index (κ2) is 17.4. The molecule has 29 heavy (non-hydrogen) atoms. The van der Waals surface area contributed by atoms with Crippen LogP contribution in [-0.2, 0) is 26.2 Å². The molecule has 0 spiro atoms. The number of allylic oxidation sites excluding steroid dienone is 1. The number of para-hydroxylation sites is 2. The first-order valence-electron chi connectivity index (χ1n) is 9.12. The predicted octanol–water partition coefficient (Wildman–Crippen LogP) is 6.51. The van der Waals surface area contributed by atoms with Gasteiger partial charge in [0.2, 0.25) is 0 Å². The Morgan fingerprint density at radius 3 is 1.69 bits per heavy atom. The molecule has 0 aliphatic heterocycles. The van der Waals surface area contributed by atoms with Crippen LogP contribution in [0.4, 0.5) is 5.69 Å². The Morgan fingerprint density at radius 2 is 1.17 bits per heavy atom. The summed E-state index contributed by atoms with van der Waals surface area (Å²) in [6.45, 7) is 0. The van der Waals surface area contributed by atoms with Gasteiger partial charge in [-0.1, -0.05) is 24.3 Å². The van der Waals surface area contributed by atoms with Crippen LogP contribution >= 0.6 is 0 Å². The maximum Gasteiger partial charge on any atom is 4.00 e. The quantitative estimate of drug-likeness (QED) is 0.469. The van der Waals surface area contributed by atoms with E-state index in [1.54, 1.807) is 13.3 Å². The SMILES string of the molecule is COc1ccccc1[N-]/C=C\[CH-]c1ccccc1.[CH]1[CH][CH][CH][CH]1.[CH]1[CH][CH][CH][CH]1.[Zr+4]. The van der Waals surface area contributed by atoms with Crippen LogP contribution in [0.15, 0.2) is 66.9 Å². The number of hydrogen-bond donors (Lipinski definition) is 0. The summed E-state index contributed by atoms with van der Waals surface area (Å²) in [6.07, 6.45) is 25.7. The molecule has 0 aromatic heterocycles. The normalized spacial score (nSPS) is 14.7. The Balaban J connectivity index is 0.000000311. The van der Waals surface area contributed by atoms with E-state index < -0.39 is 0 Å². The summed E-state index contributed by atoms with van der Waals surface area (Å²) >= 11 is 0. The zero-order chi connectivity index (χ0) is 19.7. The molecule has 2 aromatic carbocycles. The van der Waals surface area contributed by atoms with Gasteiger partial charge in [0.05, 0.1) is 7.11 Å². The molecular formula is C26H25NOZr+2. The molecule has 0 heterocycles. The standard InChI is InChI=1S/C16H15NO.2C5H5.Zr/c1-18-16-12-6-5-11-15(16)17-13-7-10-14-8-3-2-4-9-14;2*1-2-4-5-3-1;/h2-13H,1H3;2*1-5H;/q-2;;;+4/b13-7-;;;. The summed E-state index contributed by atoms with van der Waals surface area (Å²) in [4.78, 5) is 0. The van der Waals surface area contributed by atoms with Crippen LogP contribution in [0.5, 0.6) is 5.75 Å². The maximum atomic E-state index is 5.22. The molecule has 10 radical (unpaired) electrons. The minimum absolute atomic E-state index is 0. The van der Waals surface area contributed by atoms with E-state index in [-0.39, 0.29) is 26.2 Å². The van der Waals surface area contributed by atoms with Crippen molar-refractivity contribution in [3.05, 3.63) is 148 Å². The van der Waals surface area contributed by atoms with Gasteiger partial charge in [0.15, 0.2) is 0 Å². The third-order valence-electron chi connectivity index (χ3n) is 3.58. The van der Waals surface area contributed by atoms with Gasteiger partial charge in [0.1, 0.15) is 5.75 Å². The van der Waals surface area contributed by atoms with Gasteiger partial charge >= 0.3 is 26.2 Å². The Hall–Kier alpha value is -1.47. The molecule has 0 N–H and O–H groups in total. The van der Waals surface area contributed by atoms with Crippen molar-refractivity contribution in [2.24, 2.45) is 0 Å². The van der Waals surface area contributed by atoms with Crippen LogP contribution < -0.4 is 4.74 Å². The molecule has 3 heteroatoms. The molecule has 2 saturated carbocycles.